The molecule has 1 aromatic heterocycles. The molecule has 0 atom stereocenters. The molecule has 0 saturated carbocycles. The number of carbonyl (C=O) groups excluding carboxylic acids is 1. The van der Waals surface area contributed by atoms with E-state index in [4.69, 9.17) is 16.3 Å². The first kappa shape index (κ1) is 15.3. The van der Waals surface area contributed by atoms with Gasteiger partial charge in [-0.15, -0.1) is 0 Å². The van der Waals surface area contributed by atoms with Crippen LogP contribution in [0.5, 0.6) is 0 Å². The maximum absolute atomic E-state index is 10.8. The van der Waals surface area contributed by atoms with Crippen LogP contribution in [-0.4, -0.2) is 24.0 Å². The maximum Gasteiger partial charge on any atom is 0.302 e. The molecule has 0 aliphatic carbocycles. The van der Waals surface area contributed by atoms with E-state index in [0.717, 1.165) is 12.2 Å². The molecule has 0 aliphatic rings. The summed E-state index contributed by atoms with van der Waals surface area (Å²) in [5, 5.41) is 6.76. The smallest absolute Gasteiger partial charge is 0.302 e. The minimum atomic E-state index is -0.352. The van der Waals surface area contributed by atoms with Crippen LogP contribution in [0.15, 0.2) is 24.5 Å². The van der Waals surface area contributed by atoms with Gasteiger partial charge in [0.2, 0.25) is 0 Å². The van der Waals surface area contributed by atoms with Crippen LogP contribution in [0.25, 0.3) is 0 Å². The molecule has 6 heteroatoms. The first-order chi connectivity index (χ1) is 9.00. The number of rotatable bonds is 7. The number of anilines is 1. The Morgan fingerprint density at radius 1 is 1.47 bits per heavy atom. The van der Waals surface area contributed by atoms with Crippen molar-refractivity contribution in [3.05, 3.63) is 35.1 Å². The van der Waals surface area contributed by atoms with Gasteiger partial charge in [-0.2, -0.15) is 0 Å². The Kier molecular flexibility index (Phi) is 6.15. The van der Waals surface area contributed by atoms with Gasteiger partial charge in [-0.25, -0.2) is 4.98 Å². The van der Waals surface area contributed by atoms with Crippen LogP contribution >= 0.6 is 11.6 Å². The number of halogens is 1. The molecule has 0 bridgehead atoms. The Hall–Kier alpha value is -1.75. The molecule has 0 aromatic carbocycles. The van der Waals surface area contributed by atoms with E-state index in [1.807, 2.05) is 6.92 Å². The predicted molar refractivity (Wildman–Crippen MR) is 76.0 cm³/mol. The number of hydrogen-bond donors (Lipinski definition) is 2. The predicted octanol–water partition coefficient (Wildman–Crippen LogP) is 2.33. The number of carbonyl (C=O) groups is 1. The third-order valence-electron chi connectivity index (χ3n) is 2.26. The highest BCUT2D eigenvalue weighted by molar-refractivity contribution is 6.31. The lowest BCUT2D eigenvalue weighted by molar-refractivity contribution is -0.142. The summed E-state index contributed by atoms with van der Waals surface area (Å²) in [5.41, 5.74) is 1.58. The maximum atomic E-state index is 10.8. The molecule has 2 N–H and O–H groups in total. The summed E-state index contributed by atoms with van der Waals surface area (Å²) >= 11 is 6.08. The van der Waals surface area contributed by atoms with Crippen molar-refractivity contribution in [2.45, 2.75) is 20.5 Å². The van der Waals surface area contributed by atoms with Gasteiger partial charge < -0.3 is 15.4 Å². The highest BCUT2D eigenvalue weighted by Gasteiger charge is 2.09. The van der Waals surface area contributed by atoms with Gasteiger partial charge in [-0.3, -0.25) is 4.79 Å². The zero-order valence-electron chi connectivity index (χ0n) is 11.1. The normalized spacial score (nSPS) is 9.84. The third-order valence-corrected chi connectivity index (χ3v) is 2.62. The Morgan fingerprint density at radius 3 is 2.84 bits per heavy atom. The molecule has 104 valence electrons. The fourth-order valence-corrected chi connectivity index (χ4v) is 1.59. The van der Waals surface area contributed by atoms with Crippen LogP contribution < -0.4 is 10.6 Å². The second kappa shape index (κ2) is 7.63. The molecule has 0 spiro atoms. The monoisotopic (exact) mass is 283 g/mol. The quantitative estimate of drug-likeness (QED) is 0.594. The molecular formula is C13H18ClN3O2. The third kappa shape index (κ3) is 5.61. The van der Waals surface area contributed by atoms with E-state index in [1.54, 1.807) is 12.3 Å². The molecule has 0 unspecified atom stereocenters. The van der Waals surface area contributed by atoms with Gasteiger partial charge in [0, 0.05) is 31.9 Å². The Balaban J connectivity index is 2.63. The van der Waals surface area contributed by atoms with Crippen LogP contribution in [0.2, 0.25) is 5.02 Å². The summed E-state index contributed by atoms with van der Waals surface area (Å²) < 4.78 is 4.96. The highest BCUT2D eigenvalue weighted by Crippen LogP contribution is 2.22. The summed E-state index contributed by atoms with van der Waals surface area (Å²) in [7, 11) is 0. The second-order valence-electron chi connectivity index (χ2n) is 4.03. The van der Waals surface area contributed by atoms with Crippen LogP contribution in [0, 0.1) is 0 Å². The Labute approximate surface area is 118 Å². The summed E-state index contributed by atoms with van der Waals surface area (Å²) in [6, 6.07) is 1.66. The lowest BCUT2D eigenvalue weighted by Gasteiger charge is -2.13. The molecule has 0 amide bonds. The van der Waals surface area contributed by atoms with Gasteiger partial charge in [0.25, 0.3) is 0 Å². The lowest BCUT2D eigenvalue weighted by Crippen LogP contribution is -2.21. The van der Waals surface area contributed by atoms with Gasteiger partial charge in [0.05, 0.1) is 10.6 Å². The van der Waals surface area contributed by atoms with E-state index >= 15 is 0 Å². The number of esters is 1. The van der Waals surface area contributed by atoms with Gasteiger partial charge in [-0.1, -0.05) is 18.2 Å². The summed E-state index contributed by atoms with van der Waals surface area (Å²) in [6.07, 6.45) is 1.61. The van der Waals surface area contributed by atoms with Crippen molar-refractivity contribution in [3.8, 4) is 0 Å². The first-order valence-electron chi connectivity index (χ1n) is 5.90. The van der Waals surface area contributed by atoms with Gasteiger partial charge in [-0.05, 0) is 13.0 Å². The fraction of sp³-hybridized carbons (Fsp3) is 0.385. The van der Waals surface area contributed by atoms with E-state index in [2.05, 4.69) is 22.2 Å². The summed E-state index contributed by atoms with van der Waals surface area (Å²) in [5.74, 6) is 0.270. The molecule has 0 saturated heterocycles. The molecule has 1 aromatic rings. The number of hydrogen-bond acceptors (Lipinski definition) is 5. The van der Waals surface area contributed by atoms with Crippen molar-refractivity contribution in [2.75, 3.05) is 18.4 Å². The zero-order valence-corrected chi connectivity index (χ0v) is 11.9. The minimum absolute atomic E-state index is 0.109. The molecule has 5 nitrogen and oxygen atoms in total. The van der Waals surface area contributed by atoms with E-state index in [0.29, 0.717) is 22.9 Å². The Bertz CT molecular complexity index is 463. The number of ether oxygens (including phenoxy) is 1. The number of nitrogens with zero attached hydrogens (tertiary/aromatic N) is 1. The Morgan fingerprint density at radius 2 is 2.21 bits per heavy atom. The number of nitrogens with one attached hydrogen (secondary N) is 2. The van der Waals surface area contributed by atoms with Crippen molar-refractivity contribution >= 4 is 23.4 Å². The number of allylic oxidation sites excluding steroid dienone is 1. The van der Waals surface area contributed by atoms with Crippen LogP contribution in [-0.2, 0) is 16.1 Å². The molecule has 1 rings (SSSR count). The van der Waals surface area contributed by atoms with Crippen molar-refractivity contribution in [1.29, 1.82) is 0 Å². The first-order valence-corrected chi connectivity index (χ1v) is 6.28. The van der Waals surface area contributed by atoms with E-state index in [9.17, 15) is 4.79 Å². The van der Waals surface area contributed by atoms with E-state index in [-0.39, 0.29) is 12.6 Å². The van der Waals surface area contributed by atoms with Gasteiger partial charge >= 0.3 is 5.97 Å². The summed E-state index contributed by atoms with van der Waals surface area (Å²) in [4.78, 5) is 15.0. The standard InChI is InChI=1S/C13H18ClN3O2/c1-9(2)15-6-7-17-13-11(8-19-10(3)18)12(14)4-5-16-13/h4-5,15H,1,6-8H2,2-3H3,(H,16,17). The number of aromatic nitrogens is 1. The fourth-order valence-electron chi connectivity index (χ4n) is 1.39. The van der Waals surface area contributed by atoms with Crippen molar-refractivity contribution in [1.82, 2.24) is 10.3 Å². The average molecular weight is 284 g/mol. The van der Waals surface area contributed by atoms with Crippen molar-refractivity contribution < 1.29 is 9.53 Å². The van der Waals surface area contributed by atoms with E-state index < -0.39 is 0 Å². The molecule has 0 radical (unpaired) electrons. The van der Waals surface area contributed by atoms with Crippen molar-refractivity contribution in [3.63, 3.8) is 0 Å². The van der Waals surface area contributed by atoms with Crippen LogP contribution in [0.4, 0.5) is 5.82 Å². The SMILES string of the molecule is C=C(C)NCCNc1nccc(Cl)c1COC(C)=O. The lowest BCUT2D eigenvalue weighted by atomic mass is 10.2. The van der Waals surface area contributed by atoms with Gasteiger partial charge in [0.15, 0.2) is 0 Å². The average Bonchev–Trinajstić information content (AvgIpc) is 2.33. The topological polar surface area (TPSA) is 63.3 Å². The minimum Gasteiger partial charge on any atom is -0.461 e. The molecule has 19 heavy (non-hydrogen) atoms. The van der Waals surface area contributed by atoms with Crippen LogP contribution in [0.1, 0.15) is 19.4 Å². The zero-order chi connectivity index (χ0) is 14.3. The molecule has 1 heterocycles. The number of pyridine rings is 1. The molecular weight excluding hydrogens is 266 g/mol. The molecule has 0 fully saturated rings. The summed E-state index contributed by atoms with van der Waals surface area (Å²) in [6.45, 7) is 8.48. The van der Waals surface area contributed by atoms with E-state index in [1.165, 1.54) is 6.92 Å². The van der Waals surface area contributed by atoms with Crippen molar-refractivity contribution in [2.24, 2.45) is 0 Å². The molecule has 0 aliphatic heterocycles. The second-order valence-corrected chi connectivity index (χ2v) is 4.44. The largest absolute Gasteiger partial charge is 0.461 e. The van der Waals surface area contributed by atoms with Gasteiger partial charge in [0.1, 0.15) is 12.4 Å². The highest BCUT2D eigenvalue weighted by atomic mass is 35.5. The van der Waals surface area contributed by atoms with Crippen LogP contribution in [0.3, 0.4) is 0 Å².